The minimum Gasteiger partial charge on any atom is -0.335 e. The van der Waals surface area contributed by atoms with Gasteiger partial charge in [0.25, 0.3) is 5.56 Å². The minimum atomic E-state index is -4.99. The molecule has 0 fully saturated rings. The molecule has 0 bridgehead atoms. The van der Waals surface area contributed by atoms with Crippen LogP contribution < -0.4 is 17.1 Å². The number of alkyl halides is 3. The zero-order valence-corrected chi connectivity index (χ0v) is 12.4. The monoisotopic (exact) mass is 364 g/mol. The minimum absolute atomic E-state index is 0.0470. The van der Waals surface area contributed by atoms with E-state index in [4.69, 9.17) is 34.3 Å². The van der Waals surface area contributed by atoms with E-state index in [1.807, 2.05) is 0 Å². The van der Waals surface area contributed by atoms with Gasteiger partial charge in [0.15, 0.2) is 5.69 Å². The van der Waals surface area contributed by atoms with E-state index in [9.17, 15) is 22.8 Å². The van der Waals surface area contributed by atoms with Crippen molar-refractivity contribution in [3.05, 3.63) is 60.3 Å². The average molecular weight is 365 g/mol. The molecule has 1 aromatic carbocycles. The average Bonchev–Trinajstić information content (AvgIpc) is 2.44. The smallest absolute Gasteiger partial charge is 0.335 e. The Morgan fingerprint density at radius 1 is 1.13 bits per heavy atom. The van der Waals surface area contributed by atoms with Crippen molar-refractivity contribution >= 4 is 23.2 Å². The highest BCUT2D eigenvalue weighted by molar-refractivity contribution is 6.36. The van der Waals surface area contributed by atoms with Crippen molar-refractivity contribution in [3.8, 4) is 11.8 Å². The van der Waals surface area contributed by atoms with Gasteiger partial charge in [0.2, 0.25) is 0 Å². The third-order valence-electron chi connectivity index (χ3n) is 2.83. The van der Waals surface area contributed by atoms with E-state index in [1.165, 1.54) is 0 Å². The lowest BCUT2D eigenvalue weighted by atomic mass is 10.2. The van der Waals surface area contributed by atoms with Gasteiger partial charge in [-0.05, 0) is 12.1 Å². The summed E-state index contributed by atoms with van der Waals surface area (Å²) in [5.74, 6) is 5.12. The molecule has 11 heteroatoms. The second-order valence-electron chi connectivity index (χ2n) is 4.25. The van der Waals surface area contributed by atoms with E-state index in [0.29, 0.717) is 4.57 Å². The quantitative estimate of drug-likeness (QED) is 0.782. The van der Waals surface area contributed by atoms with Crippen LogP contribution in [0.5, 0.6) is 0 Å². The van der Waals surface area contributed by atoms with Crippen molar-refractivity contribution in [1.29, 1.82) is 5.26 Å². The number of nitrogen functional groups attached to an aromatic ring is 1. The summed E-state index contributed by atoms with van der Waals surface area (Å²) in [5.41, 5.74) is -4.83. The number of rotatable bonds is 1. The summed E-state index contributed by atoms with van der Waals surface area (Å²) in [5, 5.41) is 8.64. The van der Waals surface area contributed by atoms with Crippen molar-refractivity contribution in [1.82, 2.24) is 9.24 Å². The van der Waals surface area contributed by atoms with Crippen molar-refractivity contribution in [2.45, 2.75) is 6.18 Å². The Morgan fingerprint density at radius 3 is 2.26 bits per heavy atom. The molecule has 0 spiro atoms. The maximum absolute atomic E-state index is 12.7. The molecule has 0 amide bonds. The molecule has 0 saturated carbocycles. The Kier molecular flexibility index (Phi) is 4.15. The first-order valence-electron chi connectivity index (χ1n) is 5.69. The topological polar surface area (TPSA) is 93.8 Å². The first-order valence-corrected chi connectivity index (χ1v) is 6.44. The zero-order chi connectivity index (χ0) is 17.5. The molecular weight excluding hydrogens is 360 g/mol. The highest BCUT2D eigenvalue weighted by atomic mass is 35.5. The molecule has 0 aliphatic carbocycles. The molecule has 0 aliphatic heterocycles. The summed E-state index contributed by atoms with van der Waals surface area (Å²) in [6.45, 7) is 0. The highest BCUT2D eigenvalue weighted by Crippen LogP contribution is 2.28. The predicted molar refractivity (Wildman–Crippen MR) is 76.2 cm³/mol. The van der Waals surface area contributed by atoms with Crippen LogP contribution in [0.1, 0.15) is 11.3 Å². The standard InChI is InChI=1S/C12H5Cl2F3N4O2/c13-6-2-7(14)8(1-5(6)4-18)20-10(22)3-9(12(15,16)17)21(19)11(20)23/h1-3H,19H2. The highest BCUT2D eigenvalue weighted by Gasteiger charge is 2.36. The number of nitrogens with two attached hydrogens (primary N) is 1. The van der Waals surface area contributed by atoms with Crippen LogP contribution in [-0.2, 0) is 6.18 Å². The molecular formula is C12H5Cl2F3N4O2. The van der Waals surface area contributed by atoms with Crippen LogP contribution >= 0.6 is 23.2 Å². The summed E-state index contributed by atoms with van der Waals surface area (Å²) >= 11 is 11.6. The van der Waals surface area contributed by atoms with Crippen molar-refractivity contribution in [2.24, 2.45) is 0 Å². The van der Waals surface area contributed by atoms with Gasteiger partial charge in [0.05, 0.1) is 21.3 Å². The number of benzene rings is 1. The third kappa shape index (κ3) is 2.91. The normalized spacial score (nSPS) is 11.3. The first-order chi connectivity index (χ1) is 10.6. The van der Waals surface area contributed by atoms with Gasteiger partial charge in [-0.1, -0.05) is 23.2 Å². The molecule has 120 valence electrons. The van der Waals surface area contributed by atoms with E-state index in [-0.39, 0.29) is 32.0 Å². The largest absolute Gasteiger partial charge is 0.433 e. The number of aromatic nitrogens is 2. The third-order valence-corrected chi connectivity index (χ3v) is 3.44. The predicted octanol–water partition coefficient (Wildman–Crippen LogP) is 1.91. The molecule has 1 heterocycles. The lowest BCUT2D eigenvalue weighted by molar-refractivity contribution is -0.143. The second-order valence-corrected chi connectivity index (χ2v) is 5.06. The number of hydrogen-bond donors (Lipinski definition) is 1. The summed E-state index contributed by atoms with van der Waals surface area (Å²) < 4.78 is 38.2. The Labute approximate surface area is 135 Å². The molecule has 2 aromatic rings. The summed E-state index contributed by atoms with van der Waals surface area (Å²) in [4.78, 5) is 23.9. The van der Waals surface area contributed by atoms with E-state index in [1.54, 1.807) is 6.07 Å². The summed E-state index contributed by atoms with van der Waals surface area (Å²) in [7, 11) is 0. The Morgan fingerprint density at radius 2 is 1.74 bits per heavy atom. The Hall–Kier alpha value is -2.44. The number of hydrogen-bond acceptors (Lipinski definition) is 4. The fourth-order valence-electron chi connectivity index (χ4n) is 1.79. The maximum Gasteiger partial charge on any atom is 0.433 e. The van der Waals surface area contributed by atoms with Crippen molar-refractivity contribution < 1.29 is 13.2 Å². The van der Waals surface area contributed by atoms with E-state index in [2.05, 4.69) is 0 Å². The molecule has 0 aliphatic rings. The summed E-state index contributed by atoms with van der Waals surface area (Å²) in [6, 6.07) is 3.93. The second kappa shape index (κ2) is 5.64. The van der Waals surface area contributed by atoms with Gasteiger partial charge >= 0.3 is 11.9 Å². The summed E-state index contributed by atoms with van der Waals surface area (Å²) in [6.07, 6.45) is -4.99. The number of nitrogens with zero attached hydrogens (tertiary/aromatic N) is 3. The SMILES string of the molecule is N#Cc1cc(-n2c(=O)cc(C(F)(F)F)n(N)c2=O)c(Cl)cc1Cl. The molecule has 0 unspecified atom stereocenters. The molecule has 0 atom stereocenters. The van der Waals surface area contributed by atoms with Gasteiger partial charge in [0, 0.05) is 6.07 Å². The van der Waals surface area contributed by atoms with Crippen LogP contribution in [0.2, 0.25) is 10.0 Å². The molecule has 23 heavy (non-hydrogen) atoms. The lowest BCUT2D eigenvalue weighted by Gasteiger charge is -2.14. The molecule has 1 aromatic heterocycles. The van der Waals surface area contributed by atoms with Gasteiger partial charge in [-0.15, -0.1) is 0 Å². The van der Waals surface area contributed by atoms with Crippen molar-refractivity contribution in [3.63, 3.8) is 0 Å². The van der Waals surface area contributed by atoms with Gasteiger partial charge in [-0.2, -0.15) is 18.4 Å². The molecule has 2 N–H and O–H groups in total. The molecule has 6 nitrogen and oxygen atoms in total. The first kappa shape index (κ1) is 16.9. The fraction of sp³-hybridized carbons (Fsp3) is 0.0833. The zero-order valence-electron chi connectivity index (χ0n) is 10.9. The number of nitriles is 1. The van der Waals surface area contributed by atoms with E-state index in [0.717, 1.165) is 12.1 Å². The van der Waals surface area contributed by atoms with Gasteiger partial charge in [-0.3, -0.25) is 4.79 Å². The van der Waals surface area contributed by atoms with E-state index >= 15 is 0 Å². The van der Waals surface area contributed by atoms with Crippen LogP contribution in [0.4, 0.5) is 13.2 Å². The molecule has 0 radical (unpaired) electrons. The number of halogens is 5. The molecule has 0 saturated heterocycles. The fourth-order valence-corrected chi connectivity index (χ4v) is 2.30. The van der Waals surface area contributed by atoms with Crippen LogP contribution in [0.25, 0.3) is 5.69 Å². The van der Waals surface area contributed by atoms with Crippen LogP contribution in [-0.4, -0.2) is 9.24 Å². The Balaban J connectivity index is 2.88. The van der Waals surface area contributed by atoms with Gasteiger partial charge in [0.1, 0.15) is 6.07 Å². The van der Waals surface area contributed by atoms with Gasteiger partial charge in [-0.25, -0.2) is 14.0 Å². The Bertz CT molecular complexity index is 957. The lowest BCUT2D eigenvalue weighted by Crippen LogP contribution is -2.45. The van der Waals surface area contributed by atoms with Crippen LogP contribution in [0.15, 0.2) is 27.8 Å². The molecule has 2 rings (SSSR count). The van der Waals surface area contributed by atoms with Gasteiger partial charge < -0.3 is 5.84 Å². The van der Waals surface area contributed by atoms with Crippen molar-refractivity contribution in [2.75, 3.05) is 5.84 Å². The van der Waals surface area contributed by atoms with Crippen LogP contribution in [0.3, 0.4) is 0 Å². The maximum atomic E-state index is 12.7. The van der Waals surface area contributed by atoms with Crippen LogP contribution in [0, 0.1) is 11.3 Å². The van der Waals surface area contributed by atoms with E-state index < -0.39 is 23.1 Å².